The zero-order valence-electron chi connectivity index (χ0n) is 10.0. The van der Waals surface area contributed by atoms with Gasteiger partial charge in [0, 0.05) is 20.2 Å². The normalized spacial score (nSPS) is 24.2. The summed E-state index contributed by atoms with van der Waals surface area (Å²) in [6.45, 7) is 2.72. The molecule has 1 aromatic carbocycles. The van der Waals surface area contributed by atoms with Crippen LogP contribution in [0.3, 0.4) is 0 Å². The Labute approximate surface area is 123 Å². The van der Waals surface area contributed by atoms with Gasteiger partial charge in [-0.3, -0.25) is 0 Å². The highest BCUT2D eigenvalue weighted by atomic mass is 35.5. The second-order valence-corrected chi connectivity index (χ2v) is 4.87. The van der Waals surface area contributed by atoms with Gasteiger partial charge < -0.3 is 14.8 Å². The molecular weight excluding hydrogens is 296 g/mol. The minimum Gasteiger partial charge on any atom is -0.377 e. The molecule has 2 rings (SSSR count). The first kappa shape index (κ1) is 16.0. The fourth-order valence-corrected chi connectivity index (χ4v) is 2.23. The van der Waals surface area contributed by atoms with Crippen LogP contribution in [-0.2, 0) is 15.1 Å². The van der Waals surface area contributed by atoms with Gasteiger partial charge in [-0.2, -0.15) is 0 Å². The van der Waals surface area contributed by atoms with Gasteiger partial charge in [-0.15, -0.1) is 12.4 Å². The SMILES string of the molecule is COC1(c2ccc(Cl)c(Cl)c2)CNCCOC1.Cl. The van der Waals surface area contributed by atoms with E-state index in [0.29, 0.717) is 29.8 Å². The number of ether oxygens (including phenoxy) is 2. The Morgan fingerprint density at radius 2 is 2.11 bits per heavy atom. The van der Waals surface area contributed by atoms with Gasteiger partial charge in [0.05, 0.1) is 23.3 Å². The topological polar surface area (TPSA) is 30.5 Å². The average molecular weight is 313 g/mol. The molecule has 0 bridgehead atoms. The molecule has 0 aliphatic carbocycles. The number of hydrogen-bond donors (Lipinski definition) is 1. The first-order valence-electron chi connectivity index (χ1n) is 5.47. The third kappa shape index (κ3) is 3.29. The van der Waals surface area contributed by atoms with Crippen LogP contribution in [0.25, 0.3) is 0 Å². The van der Waals surface area contributed by atoms with Crippen LogP contribution in [-0.4, -0.2) is 33.4 Å². The molecule has 102 valence electrons. The lowest BCUT2D eigenvalue weighted by Crippen LogP contribution is -2.41. The van der Waals surface area contributed by atoms with Crippen molar-refractivity contribution in [2.45, 2.75) is 5.60 Å². The molecule has 0 amide bonds. The summed E-state index contributed by atoms with van der Waals surface area (Å²) in [5.41, 5.74) is 0.480. The minimum atomic E-state index is -0.495. The Morgan fingerprint density at radius 3 is 2.78 bits per heavy atom. The second kappa shape index (κ2) is 6.94. The Kier molecular flexibility index (Phi) is 6.18. The molecule has 1 unspecified atom stereocenters. The fourth-order valence-electron chi connectivity index (χ4n) is 1.94. The molecule has 1 heterocycles. The Bertz CT molecular complexity index is 393. The van der Waals surface area contributed by atoms with Crippen LogP contribution in [0.15, 0.2) is 18.2 Å². The second-order valence-electron chi connectivity index (χ2n) is 4.06. The highest BCUT2D eigenvalue weighted by Gasteiger charge is 2.34. The van der Waals surface area contributed by atoms with Crippen molar-refractivity contribution in [2.75, 3.05) is 33.4 Å². The van der Waals surface area contributed by atoms with E-state index in [9.17, 15) is 0 Å². The lowest BCUT2D eigenvalue weighted by molar-refractivity contribution is -0.0645. The summed E-state index contributed by atoms with van der Waals surface area (Å²) in [5, 5.41) is 4.37. The van der Waals surface area contributed by atoms with Gasteiger partial charge in [0.2, 0.25) is 0 Å². The number of rotatable bonds is 2. The molecule has 3 nitrogen and oxygen atoms in total. The number of halogens is 3. The molecule has 1 aliphatic rings. The summed E-state index contributed by atoms with van der Waals surface area (Å²) in [5.74, 6) is 0. The molecular formula is C12H16Cl3NO2. The predicted molar refractivity (Wildman–Crippen MR) is 76.1 cm³/mol. The molecule has 1 aromatic rings. The van der Waals surface area contributed by atoms with Gasteiger partial charge >= 0.3 is 0 Å². The van der Waals surface area contributed by atoms with Crippen molar-refractivity contribution in [3.05, 3.63) is 33.8 Å². The van der Waals surface area contributed by atoms with Crippen LogP contribution in [0, 0.1) is 0 Å². The zero-order chi connectivity index (χ0) is 12.3. The number of nitrogens with one attached hydrogen (secondary N) is 1. The lowest BCUT2D eigenvalue weighted by Gasteiger charge is -2.31. The van der Waals surface area contributed by atoms with Crippen molar-refractivity contribution in [3.63, 3.8) is 0 Å². The molecule has 1 N–H and O–H groups in total. The Balaban J connectivity index is 0.00000162. The molecule has 1 atom stereocenters. The molecule has 0 radical (unpaired) electrons. The van der Waals surface area contributed by atoms with Gasteiger partial charge in [-0.05, 0) is 17.7 Å². The molecule has 0 saturated carbocycles. The van der Waals surface area contributed by atoms with Gasteiger partial charge in [0.25, 0.3) is 0 Å². The van der Waals surface area contributed by atoms with Crippen LogP contribution in [0.4, 0.5) is 0 Å². The van der Waals surface area contributed by atoms with Crippen molar-refractivity contribution in [2.24, 2.45) is 0 Å². The summed E-state index contributed by atoms with van der Waals surface area (Å²) < 4.78 is 11.2. The monoisotopic (exact) mass is 311 g/mol. The molecule has 1 aliphatic heterocycles. The highest BCUT2D eigenvalue weighted by Crippen LogP contribution is 2.31. The van der Waals surface area contributed by atoms with Crippen molar-refractivity contribution in [1.29, 1.82) is 0 Å². The van der Waals surface area contributed by atoms with Crippen molar-refractivity contribution >= 4 is 35.6 Å². The van der Waals surface area contributed by atoms with Crippen LogP contribution in [0.2, 0.25) is 10.0 Å². The van der Waals surface area contributed by atoms with E-state index < -0.39 is 5.60 Å². The van der Waals surface area contributed by atoms with Crippen molar-refractivity contribution < 1.29 is 9.47 Å². The van der Waals surface area contributed by atoms with Crippen LogP contribution < -0.4 is 5.32 Å². The van der Waals surface area contributed by atoms with Gasteiger partial charge in [-0.25, -0.2) is 0 Å². The van der Waals surface area contributed by atoms with E-state index in [4.69, 9.17) is 32.7 Å². The predicted octanol–water partition coefficient (Wildman–Crippen LogP) is 2.88. The smallest absolute Gasteiger partial charge is 0.128 e. The summed E-state index contributed by atoms with van der Waals surface area (Å²) in [4.78, 5) is 0. The van der Waals surface area contributed by atoms with E-state index >= 15 is 0 Å². The number of hydrogen-bond acceptors (Lipinski definition) is 3. The summed E-state index contributed by atoms with van der Waals surface area (Å²) in [6, 6.07) is 5.54. The molecule has 1 fully saturated rings. The standard InChI is InChI=1S/C12H15Cl2NO2.ClH/c1-16-12(7-15-4-5-17-8-12)9-2-3-10(13)11(14)6-9;/h2-3,6,15H,4-5,7-8H2,1H3;1H. The summed E-state index contributed by atoms with van der Waals surface area (Å²) in [7, 11) is 1.68. The molecule has 0 spiro atoms. The Hall–Kier alpha value is -0.0300. The van der Waals surface area contributed by atoms with E-state index in [0.717, 1.165) is 12.1 Å². The van der Waals surface area contributed by atoms with Crippen LogP contribution in [0.5, 0.6) is 0 Å². The van der Waals surface area contributed by atoms with E-state index in [2.05, 4.69) is 5.32 Å². The van der Waals surface area contributed by atoms with E-state index in [-0.39, 0.29) is 12.4 Å². The molecule has 18 heavy (non-hydrogen) atoms. The van der Waals surface area contributed by atoms with E-state index in [1.54, 1.807) is 13.2 Å². The third-order valence-corrected chi connectivity index (χ3v) is 3.74. The van der Waals surface area contributed by atoms with Crippen LogP contribution >= 0.6 is 35.6 Å². The van der Waals surface area contributed by atoms with Crippen molar-refractivity contribution in [1.82, 2.24) is 5.32 Å². The van der Waals surface area contributed by atoms with Gasteiger partial charge in [0.1, 0.15) is 5.60 Å². The van der Waals surface area contributed by atoms with Crippen LogP contribution in [0.1, 0.15) is 5.56 Å². The maximum atomic E-state index is 6.04. The summed E-state index contributed by atoms with van der Waals surface area (Å²) >= 11 is 12.0. The molecule has 6 heteroatoms. The van der Waals surface area contributed by atoms with Gasteiger partial charge in [-0.1, -0.05) is 29.3 Å². The summed E-state index contributed by atoms with van der Waals surface area (Å²) in [6.07, 6.45) is 0. The largest absolute Gasteiger partial charge is 0.377 e. The Morgan fingerprint density at radius 1 is 1.33 bits per heavy atom. The zero-order valence-corrected chi connectivity index (χ0v) is 12.4. The number of methoxy groups -OCH3 is 1. The maximum absolute atomic E-state index is 6.04. The average Bonchev–Trinajstić information content (AvgIpc) is 2.59. The first-order valence-corrected chi connectivity index (χ1v) is 6.23. The quantitative estimate of drug-likeness (QED) is 0.911. The maximum Gasteiger partial charge on any atom is 0.128 e. The lowest BCUT2D eigenvalue weighted by atomic mass is 9.94. The first-order chi connectivity index (χ1) is 8.18. The van der Waals surface area contributed by atoms with E-state index in [1.807, 2.05) is 12.1 Å². The molecule has 1 saturated heterocycles. The highest BCUT2D eigenvalue weighted by molar-refractivity contribution is 6.42. The fraction of sp³-hybridized carbons (Fsp3) is 0.500. The molecule has 0 aromatic heterocycles. The van der Waals surface area contributed by atoms with E-state index in [1.165, 1.54) is 0 Å². The van der Waals surface area contributed by atoms with Gasteiger partial charge in [0.15, 0.2) is 0 Å². The minimum absolute atomic E-state index is 0. The van der Waals surface area contributed by atoms with Crippen molar-refractivity contribution in [3.8, 4) is 0 Å². The number of benzene rings is 1. The third-order valence-electron chi connectivity index (χ3n) is 3.01.